The highest BCUT2D eigenvalue weighted by atomic mass is 19.1. The van der Waals surface area contributed by atoms with Crippen LogP contribution in [-0.2, 0) is 13.1 Å². The minimum Gasteiger partial charge on any atom is -0.394 e. The lowest BCUT2D eigenvalue weighted by molar-refractivity contribution is 0.152. The molecule has 0 atom stereocenters. The molecule has 0 unspecified atom stereocenters. The smallest absolute Gasteiger partial charge is 0.394 e. The van der Waals surface area contributed by atoms with Crippen molar-refractivity contribution in [3.8, 4) is 33.8 Å². The summed E-state index contributed by atoms with van der Waals surface area (Å²) in [4.78, 5) is 12.7. The highest BCUT2D eigenvalue weighted by Gasteiger charge is 2.17. The summed E-state index contributed by atoms with van der Waals surface area (Å²) in [5.74, 6) is -0.744. The van der Waals surface area contributed by atoms with E-state index in [1.54, 1.807) is 24.3 Å². The Morgan fingerprint density at radius 3 is 1.35 bits per heavy atom. The first-order chi connectivity index (χ1) is 16.5. The average molecular weight is 460 g/mol. The summed E-state index contributed by atoms with van der Waals surface area (Å²) in [6, 6.07) is 21.9. The Bertz CT molecular complexity index is 1210. The lowest BCUT2D eigenvalue weighted by Crippen LogP contribution is -2.15. The van der Waals surface area contributed by atoms with Crippen LogP contribution in [0.5, 0.6) is 11.5 Å². The topological polar surface area (TPSA) is 87.6 Å². The van der Waals surface area contributed by atoms with Gasteiger partial charge in [0.1, 0.15) is 23.1 Å². The monoisotopic (exact) mass is 460 g/mol. The van der Waals surface area contributed by atoms with E-state index in [0.29, 0.717) is 35.3 Å². The Hall–Kier alpha value is -4.07. The molecular formula is C27H22F2N2O3. The second-order valence-electron chi connectivity index (χ2n) is 7.54. The van der Waals surface area contributed by atoms with E-state index < -0.39 is 17.8 Å². The zero-order valence-electron chi connectivity index (χ0n) is 18.1. The number of hydrogen-bond acceptors (Lipinski definition) is 5. The Labute approximate surface area is 195 Å². The predicted molar refractivity (Wildman–Crippen MR) is 126 cm³/mol. The van der Waals surface area contributed by atoms with Crippen LogP contribution in [-0.4, -0.2) is 6.16 Å². The fourth-order valence-electron chi connectivity index (χ4n) is 3.47. The molecule has 0 radical (unpaired) electrons. The van der Waals surface area contributed by atoms with Crippen molar-refractivity contribution in [1.29, 1.82) is 0 Å². The van der Waals surface area contributed by atoms with Gasteiger partial charge in [0.15, 0.2) is 0 Å². The van der Waals surface area contributed by atoms with Crippen LogP contribution in [0.1, 0.15) is 11.1 Å². The summed E-state index contributed by atoms with van der Waals surface area (Å²) in [7, 11) is 0. The van der Waals surface area contributed by atoms with Gasteiger partial charge in [-0.3, -0.25) is 0 Å². The van der Waals surface area contributed by atoms with Crippen molar-refractivity contribution in [2.24, 2.45) is 11.5 Å². The fraction of sp³-hybridized carbons (Fsp3) is 0.0741. The molecule has 0 bridgehead atoms. The van der Waals surface area contributed by atoms with Gasteiger partial charge in [-0.25, -0.2) is 13.6 Å². The summed E-state index contributed by atoms with van der Waals surface area (Å²) in [5.41, 5.74) is 15.1. The maximum absolute atomic E-state index is 14.0. The summed E-state index contributed by atoms with van der Waals surface area (Å²) in [6.45, 7) is 0.738. The van der Waals surface area contributed by atoms with Gasteiger partial charge < -0.3 is 20.9 Å². The predicted octanol–water partition coefficient (Wildman–Crippen LogP) is 5.79. The minimum absolute atomic E-state index is 0.114. The van der Waals surface area contributed by atoms with E-state index >= 15 is 0 Å². The molecule has 4 aromatic rings. The van der Waals surface area contributed by atoms with Crippen LogP contribution >= 0.6 is 0 Å². The van der Waals surface area contributed by atoms with Crippen molar-refractivity contribution in [2.75, 3.05) is 0 Å². The molecule has 0 amide bonds. The summed E-state index contributed by atoms with van der Waals surface area (Å²) >= 11 is 0. The van der Waals surface area contributed by atoms with E-state index in [0.717, 1.165) is 11.1 Å². The molecule has 0 aromatic heterocycles. The molecule has 0 spiro atoms. The van der Waals surface area contributed by atoms with E-state index in [-0.39, 0.29) is 11.5 Å². The largest absolute Gasteiger partial charge is 0.519 e. The van der Waals surface area contributed by atoms with Crippen LogP contribution in [0, 0.1) is 11.6 Å². The number of halogens is 2. The van der Waals surface area contributed by atoms with Crippen LogP contribution < -0.4 is 20.9 Å². The molecule has 0 aliphatic rings. The quantitative estimate of drug-likeness (QED) is 0.281. The van der Waals surface area contributed by atoms with E-state index in [9.17, 15) is 13.6 Å². The molecule has 7 heteroatoms. The molecule has 0 fully saturated rings. The van der Waals surface area contributed by atoms with Crippen LogP contribution in [0.25, 0.3) is 22.3 Å². The second-order valence-corrected chi connectivity index (χ2v) is 7.54. The van der Waals surface area contributed by atoms with Crippen LogP contribution in [0.4, 0.5) is 13.6 Å². The van der Waals surface area contributed by atoms with Crippen molar-refractivity contribution in [2.45, 2.75) is 13.1 Å². The maximum Gasteiger partial charge on any atom is 0.519 e. The molecule has 4 rings (SSSR count). The molecule has 34 heavy (non-hydrogen) atoms. The number of carbonyl (C=O) groups is 1. The van der Waals surface area contributed by atoms with Gasteiger partial charge in [-0.2, -0.15) is 0 Å². The van der Waals surface area contributed by atoms with Gasteiger partial charge in [0, 0.05) is 24.2 Å². The molecule has 0 heterocycles. The lowest BCUT2D eigenvalue weighted by Gasteiger charge is -2.13. The Kier molecular flexibility index (Phi) is 6.96. The van der Waals surface area contributed by atoms with Gasteiger partial charge in [-0.15, -0.1) is 0 Å². The number of nitrogens with two attached hydrogens (primary N) is 2. The maximum atomic E-state index is 14.0. The van der Waals surface area contributed by atoms with Crippen LogP contribution in [0.15, 0.2) is 84.9 Å². The highest BCUT2D eigenvalue weighted by Crippen LogP contribution is 2.34. The number of carbonyl (C=O) groups excluding carboxylic acids is 1. The third kappa shape index (κ3) is 5.28. The van der Waals surface area contributed by atoms with Crippen molar-refractivity contribution >= 4 is 6.16 Å². The molecule has 4 aromatic carbocycles. The molecule has 0 aliphatic heterocycles. The number of hydrogen-bond donors (Lipinski definition) is 2. The standard InChI is InChI=1S/C27H22F2N2O3/c28-21-9-11-25(23(13-21)19-5-1-17(15-30)2-6-19)33-27(32)34-26-12-10-22(29)14-24(26)20-7-3-18(16-31)4-8-20/h1-14H,15-16,30-31H2. The lowest BCUT2D eigenvalue weighted by atomic mass is 10.0. The SMILES string of the molecule is NCc1ccc(-c2cc(F)ccc2OC(=O)Oc2ccc(F)cc2-c2ccc(CN)cc2)cc1. The van der Waals surface area contributed by atoms with Gasteiger partial charge in [-0.1, -0.05) is 48.5 Å². The molecule has 172 valence electrons. The van der Waals surface area contributed by atoms with Gasteiger partial charge in [-0.05, 0) is 58.7 Å². The molecule has 0 saturated heterocycles. The van der Waals surface area contributed by atoms with Gasteiger partial charge in [0.2, 0.25) is 0 Å². The normalized spacial score (nSPS) is 10.7. The Morgan fingerprint density at radius 1 is 0.618 bits per heavy atom. The summed E-state index contributed by atoms with van der Waals surface area (Å²) < 4.78 is 38.7. The van der Waals surface area contributed by atoms with Crippen molar-refractivity contribution in [3.63, 3.8) is 0 Å². The first-order valence-electron chi connectivity index (χ1n) is 10.5. The van der Waals surface area contributed by atoms with E-state index in [2.05, 4.69) is 0 Å². The van der Waals surface area contributed by atoms with Gasteiger partial charge in [0.25, 0.3) is 0 Å². The summed E-state index contributed by atoms with van der Waals surface area (Å²) in [6.07, 6.45) is -1.04. The zero-order valence-corrected chi connectivity index (χ0v) is 18.1. The Balaban J connectivity index is 1.60. The fourth-order valence-corrected chi connectivity index (χ4v) is 3.47. The average Bonchev–Trinajstić information content (AvgIpc) is 2.86. The third-order valence-electron chi connectivity index (χ3n) is 5.27. The first-order valence-corrected chi connectivity index (χ1v) is 10.5. The molecular weight excluding hydrogens is 438 g/mol. The zero-order chi connectivity index (χ0) is 24.1. The van der Waals surface area contributed by atoms with Gasteiger partial charge in [0.05, 0.1) is 0 Å². The van der Waals surface area contributed by atoms with E-state index in [1.807, 2.05) is 24.3 Å². The first kappa shape index (κ1) is 23.1. The second kappa shape index (κ2) is 10.2. The van der Waals surface area contributed by atoms with Crippen molar-refractivity contribution in [3.05, 3.63) is 108 Å². The summed E-state index contributed by atoms with van der Waals surface area (Å²) in [5, 5.41) is 0. The molecule has 0 saturated carbocycles. The van der Waals surface area contributed by atoms with Gasteiger partial charge >= 0.3 is 6.16 Å². The van der Waals surface area contributed by atoms with E-state index in [4.69, 9.17) is 20.9 Å². The van der Waals surface area contributed by atoms with Crippen LogP contribution in [0.3, 0.4) is 0 Å². The molecule has 0 aliphatic carbocycles. The third-order valence-corrected chi connectivity index (χ3v) is 5.27. The number of benzene rings is 4. The minimum atomic E-state index is -1.04. The highest BCUT2D eigenvalue weighted by molar-refractivity contribution is 5.78. The Morgan fingerprint density at radius 2 is 1.00 bits per heavy atom. The van der Waals surface area contributed by atoms with Crippen LogP contribution in [0.2, 0.25) is 0 Å². The van der Waals surface area contributed by atoms with Crippen molar-refractivity contribution in [1.82, 2.24) is 0 Å². The molecule has 4 N–H and O–H groups in total. The van der Waals surface area contributed by atoms with E-state index in [1.165, 1.54) is 36.4 Å². The number of rotatable bonds is 6. The number of ether oxygens (including phenoxy) is 2. The van der Waals surface area contributed by atoms with Crippen molar-refractivity contribution < 1.29 is 23.0 Å². The molecule has 5 nitrogen and oxygen atoms in total.